The van der Waals surface area contributed by atoms with Gasteiger partial charge < -0.3 is 19.9 Å². The maximum atomic E-state index is 12.2. The van der Waals surface area contributed by atoms with Crippen LogP contribution in [0.1, 0.15) is 40.0 Å². The van der Waals surface area contributed by atoms with Crippen molar-refractivity contribution in [3.05, 3.63) is 0 Å². The Hall–Kier alpha value is -0.650. The van der Waals surface area contributed by atoms with Gasteiger partial charge in [-0.1, -0.05) is 13.8 Å². The predicted molar refractivity (Wildman–Crippen MR) is 79.5 cm³/mol. The van der Waals surface area contributed by atoms with Crippen molar-refractivity contribution in [1.29, 1.82) is 0 Å². The molecule has 2 N–H and O–H groups in total. The van der Waals surface area contributed by atoms with Gasteiger partial charge in [0.15, 0.2) is 0 Å². The Morgan fingerprint density at radius 1 is 1.25 bits per heavy atom. The lowest BCUT2D eigenvalue weighted by Gasteiger charge is -2.31. The van der Waals surface area contributed by atoms with Crippen LogP contribution in [-0.4, -0.2) is 46.1 Å². The second-order valence-electron chi connectivity index (χ2n) is 5.51. The number of rotatable bonds is 12. The summed E-state index contributed by atoms with van der Waals surface area (Å²) in [6.07, 6.45) is 2.19. The second-order valence-corrected chi connectivity index (χ2v) is 5.51. The van der Waals surface area contributed by atoms with Crippen molar-refractivity contribution in [2.45, 2.75) is 40.0 Å². The molecule has 0 saturated heterocycles. The highest BCUT2D eigenvalue weighted by atomic mass is 16.5. The van der Waals surface area contributed by atoms with Gasteiger partial charge in [-0.3, -0.25) is 4.79 Å². The Morgan fingerprint density at radius 3 is 2.45 bits per heavy atom. The summed E-state index contributed by atoms with van der Waals surface area (Å²) in [5.74, 6) is 0.188. The Bertz CT molecular complexity index is 258. The Balaban J connectivity index is 4.40. The van der Waals surface area contributed by atoms with E-state index in [1.807, 2.05) is 6.92 Å². The van der Waals surface area contributed by atoms with Crippen LogP contribution in [0.5, 0.6) is 0 Å². The van der Waals surface area contributed by atoms with Gasteiger partial charge in [0.05, 0.1) is 12.0 Å². The van der Waals surface area contributed by atoms with E-state index in [9.17, 15) is 4.79 Å². The molecule has 1 atom stereocenters. The predicted octanol–water partition coefficient (Wildman–Crippen LogP) is 1.98. The van der Waals surface area contributed by atoms with Crippen LogP contribution < -0.4 is 5.73 Å². The zero-order valence-electron chi connectivity index (χ0n) is 13.4. The van der Waals surface area contributed by atoms with E-state index in [1.165, 1.54) is 0 Å². The van der Waals surface area contributed by atoms with Crippen LogP contribution >= 0.6 is 0 Å². The summed E-state index contributed by atoms with van der Waals surface area (Å²) in [5.41, 5.74) is 5.25. The molecule has 0 aliphatic rings. The topological polar surface area (TPSA) is 70.8 Å². The van der Waals surface area contributed by atoms with Crippen molar-refractivity contribution in [2.75, 3.05) is 40.1 Å². The van der Waals surface area contributed by atoms with Gasteiger partial charge >= 0.3 is 5.97 Å². The van der Waals surface area contributed by atoms with Gasteiger partial charge in [0.2, 0.25) is 0 Å². The molecule has 0 aromatic rings. The fourth-order valence-electron chi connectivity index (χ4n) is 2.30. The molecule has 0 aromatic carbocycles. The first-order valence-electron chi connectivity index (χ1n) is 7.46. The van der Waals surface area contributed by atoms with E-state index < -0.39 is 5.41 Å². The smallest absolute Gasteiger partial charge is 0.313 e. The average Bonchev–Trinajstić information content (AvgIpc) is 2.41. The highest BCUT2D eigenvalue weighted by molar-refractivity contribution is 5.77. The van der Waals surface area contributed by atoms with E-state index in [-0.39, 0.29) is 5.97 Å². The van der Waals surface area contributed by atoms with E-state index in [2.05, 4.69) is 13.8 Å². The van der Waals surface area contributed by atoms with Gasteiger partial charge in [0.1, 0.15) is 0 Å². The molecule has 5 nitrogen and oxygen atoms in total. The quantitative estimate of drug-likeness (QED) is 0.439. The number of nitrogens with two attached hydrogens (primary N) is 1. The highest BCUT2D eigenvalue weighted by Crippen LogP contribution is 2.31. The molecule has 1 unspecified atom stereocenters. The lowest BCUT2D eigenvalue weighted by atomic mass is 9.77. The summed E-state index contributed by atoms with van der Waals surface area (Å²) in [6, 6.07) is 0. The minimum atomic E-state index is -0.620. The molecule has 0 radical (unpaired) electrons. The molecule has 0 fully saturated rings. The zero-order chi connectivity index (χ0) is 15.4. The molecule has 0 aliphatic carbocycles. The fourth-order valence-corrected chi connectivity index (χ4v) is 2.30. The molecule has 0 aromatic heterocycles. The number of hydrogen-bond donors (Lipinski definition) is 1. The minimum absolute atomic E-state index is 0.198. The van der Waals surface area contributed by atoms with Crippen LogP contribution in [0.2, 0.25) is 0 Å². The maximum absolute atomic E-state index is 12.2. The summed E-state index contributed by atoms with van der Waals surface area (Å²) in [7, 11) is 1.67. The summed E-state index contributed by atoms with van der Waals surface area (Å²) in [6.45, 7) is 8.51. The number of ether oxygens (including phenoxy) is 3. The van der Waals surface area contributed by atoms with Crippen LogP contribution in [0.15, 0.2) is 0 Å². The molecule has 0 spiro atoms. The van der Waals surface area contributed by atoms with Crippen molar-refractivity contribution in [2.24, 2.45) is 17.1 Å². The first kappa shape index (κ1) is 19.4. The van der Waals surface area contributed by atoms with Crippen molar-refractivity contribution in [3.8, 4) is 0 Å². The summed E-state index contributed by atoms with van der Waals surface area (Å²) in [4.78, 5) is 12.2. The zero-order valence-corrected chi connectivity index (χ0v) is 13.4. The number of carbonyl (C=O) groups is 1. The fraction of sp³-hybridized carbons (Fsp3) is 0.933. The molecule has 20 heavy (non-hydrogen) atoms. The Morgan fingerprint density at radius 2 is 1.95 bits per heavy atom. The van der Waals surface area contributed by atoms with Crippen LogP contribution in [0.3, 0.4) is 0 Å². The molecule has 0 bridgehead atoms. The minimum Gasteiger partial charge on any atom is -0.466 e. The maximum Gasteiger partial charge on any atom is 0.313 e. The van der Waals surface area contributed by atoms with E-state index in [0.29, 0.717) is 45.3 Å². The molecule has 0 amide bonds. The highest BCUT2D eigenvalue weighted by Gasteiger charge is 2.38. The van der Waals surface area contributed by atoms with Crippen LogP contribution in [0.25, 0.3) is 0 Å². The summed E-state index contributed by atoms with van der Waals surface area (Å²) < 4.78 is 15.7. The first-order chi connectivity index (χ1) is 9.52. The molecule has 0 heterocycles. The summed E-state index contributed by atoms with van der Waals surface area (Å²) in [5, 5.41) is 0. The van der Waals surface area contributed by atoms with Crippen molar-refractivity contribution in [1.82, 2.24) is 0 Å². The monoisotopic (exact) mass is 289 g/mol. The van der Waals surface area contributed by atoms with Crippen molar-refractivity contribution >= 4 is 5.97 Å². The average molecular weight is 289 g/mol. The number of carbonyl (C=O) groups excluding carboxylic acids is 1. The van der Waals surface area contributed by atoms with Crippen molar-refractivity contribution in [3.63, 3.8) is 0 Å². The Labute approximate surface area is 123 Å². The molecular formula is C15H31NO4. The molecule has 0 aliphatic heterocycles. The third-order valence-corrected chi connectivity index (χ3v) is 3.26. The number of esters is 1. The number of methoxy groups -OCH3 is 1. The molecule has 5 heteroatoms. The Kier molecular flexibility index (Phi) is 10.7. The van der Waals surface area contributed by atoms with Gasteiger partial charge in [-0.25, -0.2) is 0 Å². The summed E-state index contributed by atoms with van der Waals surface area (Å²) >= 11 is 0. The normalized spacial score (nSPS) is 14.3. The lowest BCUT2D eigenvalue weighted by molar-refractivity contribution is -0.157. The lowest BCUT2D eigenvalue weighted by Crippen LogP contribution is -2.42. The third kappa shape index (κ3) is 7.22. The first-order valence-corrected chi connectivity index (χ1v) is 7.46. The second kappa shape index (κ2) is 11.1. The molecule has 0 saturated carbocycles. The van der Waals surface area contributed by atoms with Crippen LogP contribution in [-0.2, 0) is 19.0 Å². The van der Waals surface area contributed by atoms with Gasteiger partial charge in [-0.05, 0) is 32.1 Å². The molecule has 120 valence electrons. The van der Waals surface area contributed by atoms with E-state index in [0.717, 1.165) is 12.8 Å². The van der Waals surface area contributed by atoms with E-state index >= 15 is 0 Å². The van der Waals surface area contributed by atoms with Crippen molar-refractivity contribution < 1.29 is 19.0 Å². The molecular weight excluding hydrogens is 258 g/mol. The van der Waals surface area contributed by atoms with Gasteiger partial charge in [-0.15, -0.1) is 0 Å². The third-order valence-electron chi connectivity index (χ3n) is 3.26. The van der Waals surface area contributed by atoms with Gasteiger partial charge in [0, 0.05) is 33.5 Å². The van der Waals surface area contributed by atoms with Crippen LogP contribution in [0, 0.1) is 11.3 Å². The SMILES string of the molecule is CCOC(=O)C(CN)(CCOCCCOC)CC(C)C. The van der Waals surface area contributed by atoms with E-state index in [4.69, 9.17) is 19.9 Å². The number of hydrogen-bond acceptors (Lipinski definition) is 5. The standard InChI is InChI=1S/C15H31NO4/c1-5-20-14(17)15(12-16,11-13(2)3)7-10-19-9-6-8-18-4/h13H,5-12,16H2,1-4H3. The van der Waals surface area contributed by atoms with Gasteiger partial charge in [0.25, 0.3) is 0 Å². The van der Waals surface area contributed by atoms with Crippen LogP contribution in [0.4, 0.5) is 0 Å². The van der Waals surface area contributed by atoms with E-state index in [1.54, 1.807) is 7.11 Å². The molecule has 0 rings (SSSR count). The van der Waals surface area contributed by atoms with Gasteiger partial charge in [-0.2, -0.15) is 0 Å². The largest absolute Gasteiger partial charge is 0.466 e.